The molecule has 4 heteroatoms. The molecule has 0 fully saturated rings. The third kappa shape index (κ3) is 2.72. The summed E-state index contributed by atoms with van der Waals surface area (Å²) < 4.78 is 1.92. The summed E-state index contributed by atoms with van der Waals surface area (Å²) in [4.78, 5) is 14.7. The number of benzene rings is 1. The van der Waals surface area contributed by atoms with Crippen molar-refractivity contribution >= 4 is 5.97 Å². The quantitative estimate of drug-likeness (QED) is 0.876. The summed E-state index contributed by atoms with van der Waals surface area (Å²) in [6.45, 7) is 2.03. The number of hydrogen-bond donors (Lipinski definition) is 1. The van der Waals surface area contributed by atoms with Gasteiger partial charge in [-0.3, -0.25) is 4.79 Å². The van der Waals surface area contributed by atoms with Crippen LogP contribution in [0.2, 0.25) is 0 Å². The Bertz CT molecular complexity index is 532. The minimum Gasteiger partial charge on any atom is -0.481 e. The molecule has 0 aliphatic carbocycles. The van der Waals surface area contributed by atoms with Gasteiger partial charge in [-0.1, -0.05) is 18.2 Å². The fourth-order valence-corrected chi connectivity index (χ4v) is 1.71. The number of aryl methyl sites for hydroxylation is 2. The molecule has 88 valence electrons. The SMILES string of the molecule is Cc1ccccc1-n1cnc(CCC(=O)O)c1. The summed E-state index contributed by atoms with van der Waals surface area (Å²) in [5, 5.41) is 8.61. The van der Waals surface area contributed by atoms with Crippen molar-refractivity contribution in [2.75, 3.05) is 0 Å². The highest BCUT2D eigenvalue weighted by atomic mass is 16.4. The van der Waals surface area contributed by atoms with Crippen molar-refractivity contribution in [2.24, 2.45) is 0 Å². The number of carboxylic acids is 1. The Kier molecular flexibility index (Phi) is 3.23. The van der Waals surface area contributed by atoms with Gasteiger partial charge in [0.25, 0.3) is 0 Å². The molecule has 0 saturated carbocycles. The molecular weight excluding hydrogens is 216 g/mol. The monoisotopic (exact) mass is 230 g/mol. The van der Waals surface area contributed by atoms with Crippen LogP contribution >= 0.6 is 0 Å². The van der Waals surface area contributed by atoms with Crippen LogP contribution in [-0.2, 0) is 11.2 Å². The summed E-state index contributed by atoms with van der Waals surface area (Å²) in [5.74, 6) is -0.796. The zero-order chi connectivity index (χ0) is 12.3. The van der Waals surface area contributed by atoms with Crippen LogP contribution in [0.3, 0.4) is 0 Å². The first-order valence-corrected chi connectivity index (χ1v) is 5.47. The van der Waals surface area contributed by atoms with Gasteiger partial charge in [0.15, 0.2) is 0 Å². The molecule has 17 heavy (non-hydrogen) atoms. The molecule has 0 saturated heterocycles. The van der Waals surface area contributed by atoms with E-state index in [1.165, 1.54) is 0 Å². The van der Waals surface area contributed by atoms with E-state index >= 15 is 0 Å². The average Bonchev–Trinajstić information content (AvgIpc) is 2.75. The minimum absolute atomic E-state index is 0.116. The van der Waals surface area contributed by atoms with Crippen molar-refractivity contribution in [1.29, 1.82) is 0 Å². The number of carbonyl (C=O) groups is 1. The Morgan fingerprint density at radius 2 is 2.18 bits per heavy atom. The van der Waals surface area contributed by atoms with Gasteiger partial charge in [-0.15, -0.1) is 0 Å². The van der Waals surface area contributed by atoms with Gasteiger partial charge >= 0.3 is 5.97 Å². The molecule has 4 nitrogen and oxygen atoms in total. The van der Waals surface area contributed by atoms with Gasteiger partial charge in [-0.05, 0) is 18.6 Å². The molecule has 2 aromatic rings. The number of rotatable bonds is 4. The summed E-state index contributed by atoms with van der Waals surface area (Å²) in [5.41, 5.74) is 3.03. The van der Waals surface area contributed by atoms with E-state index in [1.54, 1.807) is 6.33 Å². The second-order valence-electron chi connectivity index (χ2n) is 3.95. The number of hydrogen-bond acceptors (Lipinski definition) is 2. The third-order valence-corrected chi connectivity index (χ3v) is 2.62. The van der Waals surface area contributed by atoms with Gasteiger partial charge < -0.3 is 9.67 Å². The van der Waals surface area contributed by atoms with Crippen LogP contribution in [0.4, 0.5) is 0 Å². The molecule has 0 amide bonds. The Labute approximate surface area is 99.5 Å². The van der Waals surface area contributed by atoms with Gasteiger partial charge in [0, 0.05) is 18.3 Å². The Morgan fingerprint density at radius 1 is 1.41 bits per heavy atom. The van der Waals surface area contributed by atoms with Gasteiger partial charge in [-0.25, -0.2) is 4.98 Å². The zero-order valence-electron chi connectivity index (χ0n) is 9.63. The molecule has 1 aromatic carbocycles. The molecular formula is C13H14N2O2. The highest BCUT2D eigenvalue weighted by Gasteiger charge is 2.04. The molecule has 0 bridgehead atoms. The van der Waals surface area contributed by atoms with E-state index in [2.05, 4.69) is 4.98 Å². The first-order chi connectivity index (χ1) is 8.16. The van der Waals surface area contributed by atoms with E-state index in [1.807, 2.05) is 42.0 Å². The summed E-state index contributed by atoms with van der Waals surface area (Å²) in [6.07, 6.45) is 4.18. The van der Waals surface area contributed by atoms with Crippen LogP contribution in [0.25, 0.3) is 5.69 Å². The lowest BCUT2D eigenvalue weighted by Gasteiger charge is -2.04. The van der Waals surface area contributed by atoms with E-state index in [0.717, 1.165) is 16.9 Å². The maximum atomic E-state index is 10.5. The largest absolute Gasteiger partial charge is 0.481 e. The van der Waals surface area contributed by atoms with Gasteiger partial charge in [0.2, 0.25) is 0 Å². The molecule has 1 aromatic heterocycles. The number of carboxylic acid groups (broad SMARTS) is 1. The summed E-state index contributed by atoms with van der Waals surface area (Å²) in [7, 11) is 0. The zero-order valence-corrected chi connectivity index (χ0v) is 9.63. The van der Waals surface area contributed by atoms with Gasteiger partial charge in [-0.2, -0.15) is 0 Å². The molecule has 1 N–H and O–H groups in total. The van der Waals surface area contributed by atoms with Crippen LogP contribution in [0.15, 0.2) is 36.8 Å². The molecule has 0 aliphatic heterocycles. The van der Waals surface area contributed by atoms with Crippen molar-refractivity contribution in [2.45, 2.75) is 19.8 Å². The lowest BCUT2D eigenvalue weighted by Crippen LogP contribution is -1.97. The van der Waals surface area contributed by atoms with Crippen LogP contribution in [0.5, 0.6) is 0 Å². The molecule has 0 atom stereocenters. The molecule has 0 unspecified atom stereocenters. The highest BCUT2D eigenvalue weighted by molar-refractivity contribution is 5.66. The van der Waals surface area contributed by atoms with E-state index in [9.17, 15) is 4.79 Å². The molecule has 2 rings (SSSR count). The fourth-order valence-electron chi connectivity index (χ4n) is 1.71. The summed E-state index contributed by atoms with van der Waals surface area (Å²) >= 11 is 0. The minimum atomic E-state index is -0.796. The van der Waals surface area contributed by atoms with Crippen molar-refractivity contribution in [1.82, 2.24) is 9.55 Å². The van der Waals surface area contributed by atoms with E-state index in [0.29, 0.717) is 6.42 Å². The molecule has 0 spiro atoms. The lowest BCUT2D eigenvalue weighted by atomic mass is 10.2. The van der Waals surface area contributed by atoms with Crippen molar-refractivity contribution in [3.05, 3.63) is 48.0 Å². The Balaban J connectivity index is 2.18. The summed E-state index contributed by atoms with van der Waals surface area (Å²) in [6, 6.07) is 8.00. The Morgan fingerprint density at radius 3 is 2.88 bits per heavy atom. The third-order valence-electron chi connectivity index (χ3n) is 2.62. The van der Waals surface area contributed by atoms with E-state index in [4.69, 9.17) is 5.11 Å². The lowest BCUT2D eigenvalue weighted by molar-refractivity contribution is -0.136. The molecule has 0 radical (unpaired) electrons. The predicted octanol–water partition coefficient (Wildman–Crippen LogP) is 2.20. The van der Waals surface area contributed by atoms with E-state index in [-0.39, 0.29) is 6.42 Å². The van der Waals surface area contributed by atoms with Crippen LogP contribution in [-0.4, -0.2) is 20.6 Å². The predicted molar refractivity (Wildman–Crippen MR) is 64.3 cm³/mol. The second-order valence-corrected chi connectivity index (χ2v) is 3.95. The standard InChI is InChI=1S/C13H14N2O2/c1-10-4-2-3-5-12(10)15-8-11(14-9-15)6-7-13(16)17/h2-5,8-9H,6-7H2,1H3,(H,16,17). The maximum Gasteiger partial charge on any atom is 0.303 e. The highest BCUT2D eigenvalue weighted by Crippen LogP contribution is 2.14. The first kappa shape index (κ1) is 11.4. The maximum absolute atomic E-state index is 10.5. The number of nitrogens with zero attached hydrogens (tertiary/aromatic N) is 2. The van der Waals surface area contributed by atoms with Crippen LogP contribution in [0, 0.1) is 6.92 Å². The van der Waals surface area contributed by atoms with Crippen LogP contribution in [0.1, 0.15) is 17.7 Å². The average molecular weight is 230 g/mol. The molecule has 1 heterocycles. The molecule has 0 aliphatic rings. The van der Waals surface area contributed by atoms with Gasteiger partial charge in [0.05, 0.1) is 18.4 Å². The van der Waals surface area contributed by atoms with E-state index < -0.39 is 5.97 Å². The Hall–Kier alpha value is -2.10. The van der Waals surface area contributed by atoms with Crippen LogP contribution < -0.4 is 0 Å². The first-order valence-electron chi connectivity index (χ1n) is 5.47. The number of aliphatic carboxylic acids is 1. The van der Waals surface area contributed by atoms with Crippen molar-refractivity contribution in [3.63, 3.8) is 0 Å². The number of imidazole rings is 1. The normalized spacial score (nSPS) is 10.4. The van der Waals surface area contributed by atoms with Crippen molar-refractivity contribution < 1.29 is 9.90 Å². The topological polar surface area (TPSA) is 55.1 Å². The van der Waals surface area contributed by atoms with Gasteiger partial charge in [0.1, 0.15) is 0 Å². The number of para-hydroxylation sites is 1. The fraction of sp³-hybridized carbons (Fsp3) is 0.231. The number of aromatic nitrogens is 2. The second kappa shape index (κ2) is 4.82. The van der Waals surface area contributed by atoms with Crippen molar-refractivity contribution in [3.8, 4) is 5.69 Å². The smallest absolute Gasteiger partial charge is 0.303 e.